The van der Waals surface area contributed by atoms with Crippen molar-refractivity contribution >= 4 is 18.0 Å². The number of hydrogen-bond acceptors (Lipinski definition) is 9. The van der Waals surface area contributed by atoms with Crippen molar-refractivity contribution in [3.63, 3.8) is 0 Å². The number of ether oxygens (including phenoxy) is 3. The van der Waals surface area contributed by atoms with Gasteiger partial charge in [0.1, 0.15) is 24.4 Å². The van der Waals surface area contributed by atoms with E-state index in [2.05, 4.69) is 39.9 Å². The van der Waals surface area contributed by atoms with E-state index in [1.54, 1.807) is 34.6 Å². The van der Waals surface area contributed by atoms with Gasteiger partial charge < -0.3 is 34.8 Å². The SMILES string of the molecule is CC(C)(O)CCC[C@@](C)(O)[C@H]1CC[C@]2(C)[C@@H]1[C@H](OC(=O)[C@H](CCC(=O)OCc1ccccc1)NC(=O)OC(C)(C)C)C[C@@H]1[C@@]3(C)CC[C@H](O)C(C)(C)[C@@H]3CC[C@]12C. The van der Waals surface area contributed by atoms with E-state index in [-0.39, 0.29) is 70.9 Å². The zero-order valence-electron chi connectivity index (χ0n) is 36.9. The molecule has 4 aliphatic rings. The van der Waals surface area contributed by atoms with Crippen LogP contribution in [-0.4, -0.2) is 68.4 Å². The minimum absolute atomic E-state index is 0.0363. The second-order valence-electron chi connectivity index (χ2n) is 21.6. The van der Waals surface area contributed by atoms with Gasteiger partial charge in [0, 0.05) is 12.3 Å². The van der Waals surface area contributed by atoms with Crippen LogP contribution in [0.15, 0.2) is 30.3 Å². The van der Waals surface area contributed by atoms with Gasteiger partial charge >= 0.3 is 18.0 Å². The van der Waals surface area contributed by atoms with Crippen molar-refractivity contribution < 1.29 is 43.9 Å². The zero-order chi connectivity index (χ0) is 42.4. The second kappa shape index (κ2) is 16.4. The Kier molecular flexibility index (Phi) is 13.1. The van der Waals surface area contributed by atoms with E-state index >= 15 is 0 Å². The summed E-state index contributed by atoms with van der Waals surface area (Å²) in [5.41, 5.74) is -2.66. The number of carbonyl (C=O) groups is 3. The number of aliphatic hydroxyl groups is 3. The summed E-state index contributed by atoms with van der Waals surface area (Å²) in [5.74, 6) is -0.991. The van der Waals surface area contributed by atoms with Gasteiger partial charge in [-0.3, -0.25) is 4.79 Å². The van der Waals surface area contributed by atoms with Crippen LogP contribution in [-0.2, 0) is 30.4 Å². The Balaban J connectivity index is 1.47. The first-order valence-electron chi connectivity index (χ1n) is 21.8. The van der Waals surface area contributed by atoms with Crippen LogP contribution in [0.1, 0.15) is 159 Å². The predicted octanol–water partition coefficient (Wildman–Crippen LogP) is 8.66. The molecule has 10 heteroatoms. The van der Waals surface area contributed by atoms with E-state index in [4.69, 9.17) is 14.2 Å². The van der Waals surface area contributed by atoms with Gasteiger partial charge in [-0.05, 0) is 157 Å². The number of carbonyl (C=O) groups excluding carboxylic acids is 3. The summed E-state index contributed by atoms with van der Waals surface area (Å²) in [5, 5.41) is 36.9. The first kappa shape index (κ1) is 45.4. The summed E-state index contributed by atoms with van der Waals surface area (Å²) in [4.78, 5) is 40.8. The molecule has 0 unspecified atom stereocenters. The van der Waals surface area contributed by atoms with E-state index in [9.17, 15) is 29.7 Å². The number of amides is 1. The molecule has 1 aromatic carbocycles. The lowest BCUT2D eigenvalue weighted by molar-refractivity contribution is -0.251. The molecule has 0 bridgehead atoms. The quantitative estimate of drug-likeness (QED) is 0.114. The highest BCUT2D eigenvalue weighted by Gasteiger charge is 2.72. The molecule has 0 aromatic heterocycles. The van der Waals surface area contributed by atoms with Crippen LogP contribution in [0.4, 0.5) is 4.79 Å². The third-order valence-electron chi connectivity index (χ3n) is 15.7. The lowest BCUT2D eigenvalue weighted by Gasteiger charge is -2.70. The van der Waals surface area contributed by atoms with Gasteiger partial charge in [-0.25, -0.2) is 9.59 Å². The first-order valence-corrected chi connectivity index (χ1v) is 21.8. The van der Waals surface area contributed by atoms with Crippen molar-refractivity contribution in [3.8, 4) is 0 Å². The fourth-order valence-electron chi connectivity index (χ4n) is 12.6. The summed E-state index contributed by atoms with van der Waals surface area (Å²) < 4.78 is 17.8. The van der Waals surface area contributed by atoms with E-state index in [1.165, 1.54) is 0 Å². The van der Waals surface area contributed by atoms with Crippen molar-refractivity contribution in [2.24, 2.45) is 45.3 Å². The highest BCUT2D eigenvalue weighted by molar-refractivity contribution is 5.82. The molecule has 0 heterocycles. The molecular weight excluding hydrogens is 723 g/mol. The van der Waals surface area contributed by atoms with Gasteiger partial charge in [-0.1, -0.05) is 65.0 Å². The molecule has 4 saturated carbocycles. The van der Waals surface area contributed by atoms with Crippen LogP contribution in [0.3, 0.4) is 0 Å². The Hall–Kier alpha value is -2.69. The summed E-state index contributed by atoms with van der Waals surface area (Å²) in [6, 6.07) is 8.19. The Labute approximate surface area is 342 Å². The Morgan fingerprint density at radius 3 is 2.14 bits per heavy atom. The maximum absolute atomic E-state index is 14.6. The molecule has 0 aliphatic heterocycles. The highest BCUT2D eigenvalue weighted by Crippen LogP contribution is 2.76. The minimum atomic E-state index is -1.17. The molecule has 4 aliphatic carbocycles. The average Bonchev–Trinajstić information content (AvgIpc) is 3.47. The van der Waals surface area contributed by atoms with Crippen LogP contribution in [0.5, 0.6) is 0 Å². The molecule has 4 fully saturated rings. The van der Waals surface area contributed by atoms with Crippen molar-refractivity contribution in [2.75, 3.05) is 0 Å². The summed E-state index contributed by atoms with van der Waals surface area (Å²) in [7, 11) is 0. The minimum Gasteiger partial charge on any atom is -0.461 e. The first-order chi connectivity index (χ1) is 26.2. The van der Waals surface area contributed by atoms with Crippen LogP contribution in [0.2, 0.25) is 0 Å². The third-order valence-corrected chi connectivity index (χ3v) is 15.7. The monoisotopic (exact) mass is 798 g/mol. The number of hydrogen-bond donors (Lipinski definition) is 4. The molecule has 0 radical (unpaired) electrons. The van der Waals surface area contributed by atoms with Gasteiger partial charge in [-0.2, -0.15) is 0 Å². The van der Waals surface area contributed by atoms with Crippen molar-refractivity contribution in [2.45, 2.75) is 195 Å². The number of benzene rings is 1. The van der Waals surface area contributed by atoms with Gasteiger partial charge in [0.15, 0.2) is 0 Å². The zero-order valence-corrected chi connectivity index (χ0v) is 36.9. The molecule has 11 atom stereocenters. The maximum Gasteiger partial charge on any atom is 0.408 e. The van der Waals surface area contributed by atoms with Gasteiger partial charge in [0.25, 0.3) is 0 Å². The van der Waals surface area contributed by atoms with E-state index < -0.39 is 47.0 Å². The molecule has 10 nitrogen and oxygen atoms in total. The van der Waals surface area contributed by atoms with E-state index in [1.807, 2.05) is 37.3 Å². The molecule has 0 saturated heterocycles. The van der Waals surface area contributed by atoms with Crippen molar-refractivity contribution in [3.05, 3.63) is 35.9 Å². The molecule has 1 amide bonds. The average molecular weight is 798 g/mol. The van der Waals surface area contributed by atoms with Crippen molar-refractivity contribution in [1.29, 1.82) is 0 Å². The molecule has 57 heavy (non-hydrogen) atoms. The van der Waals surface area contributed by atoms with Crippen LogP contribution in [0.25, 0.3) is 0 Å². The normalized spacial score (nSPS) is 35.1. The fourth-order valence-corrected chi connectivity index (χ4v) is 12.6. The lowest BCUT2D eigenvalue weighted by Crippen LogP contribution is -2.67. The van der Waals surface area contributed by atoms with Crippen LogP contribution < -0.4 is 5.32 Å². The molecule has 5 rings (SSSR count). The largest absolute Gasteiger partial charge is 0.461 e. The molecular formula is C47H75NO9. The van der Waals surface area contributed by atoms with E-state index in [0.717, 1.165) is 44.1 Å². The molecule has 322 valence electrons. The summed E-state index contributed by atoms with van der Waals surface area (Å²) in [6.45, 7) is 22.5. The lowest BCUT2D eigenvalue weighted by atomic mass is 9.35. The van der Waals surface area contributed by atoms with Gasteiger partial charge in [0.05, 0.1) is 17.3 Å². The molecule has 4 N–H and O–H groups in total. The van der Waals surface area contributed by atoms with Gasteiger partial charge in [-0.15, -0.1) is 0 Å². The summed E-state index contributed by atoms with van der Waals surface area (Å²) >= 11 is 0. The number of fused-ring (bicyclic) bond motifs is 5. The Morgan fingerprint density at radius 2 is 1.51 bits per heavy atom. The third kappa shape index (κ3) is 9.54. The van der Waals surface area contributed by atoms with Crippen LogP contribution in [0, 0.1) is 45.3 Å². The summed E-state index contributed by atoms with van der Waals surface area (Å²) in [6.07, 6.45) is 5.72. The second-order valence-corrected chi connectivity index (χ2v) is 21.6. The predicted molar refractivity (Wildman–Crippen MR) is 220 cm³/mol. The number of aliphatic hydroxyl groups excluding tert-OH is 1. The number of alkyl carbamates (subject to hydrolysis) is 1. The van der Waals surface area contributed by atoms with Gasteiger partial charge in [0.2, 0.25) is 0 Å². The molecule has 0 spiro atoms. The van der Waals surface area contributed by atoms with Crippen LogP contribution >= 0.6 is 0 Å². The fraction of sp³-hybridized carbons (Fsp3) is 0.809. The Bertz CT molecular complexity index is 1580. The topological polar surface area (TPSA) is 152 Å². The standard InChI is InChI=1S/C47H75NO9/c1-41(2,3)57-40(52)48-32(18-19-37(50)55-29-30-16-13-12-14-17-30)39(51)56-33-28-35-44(8)25-22-36(49)43(6,7)34(44)21-27-45(35,9)46(10)26-20-31(38(33)46)47(11,54)24-15-23-42(4,5)53/h12-14,16-17,31-36,38,49,53-54H,15,18-29H2,1-11H3,(H,48,52)/t31-,32-,33+,34-,35+,36-,38-,44-,45+,46+,47+/m0/s1. The van der Waals surface area contributed by atoms with E-state index in [0.29, 0.717) is 25.7 Å². The number of nitrogens with one attached hydrogen (secondary N) is 1. The molecule has 1 aromatic rings. The van der Waals surface area contributed by atoms with Crippen molar-refractivity contribution in [1.82, 2.24) is 5.32 Å². The number of rotatable bonds is 13. The Morgan fingerprint density at radius 1 is 0.860 bits per heavy atom. The number of esters is 2. The maximum atomic E-state index is 14.6. The smallest absolute Gasteiger partial charge is 0.408 e. The highest BCUT2D eigenvalue weighted by atomic mass is 16.6.